The van der Waals surface area contributed by atoms with Crippen LogP contribution in [0, 0.1) is 12.7 Å². The van der Waals surface area contributed by atoms with Crippen LogP contribution in [0.5, 0.6) is 0 Å². The Kier molecular flexibility index (Phi) is 5.94. The van der Waals surface area contributed by atoms with Crippen LogP contribution in [0.1, 0.15) is 11.3 Å². The summed E-state index contributed by atoms with van der Waals surface area (Å²) in [5.41, 5.74) is 2.09. The minimum absolute atomic E-state index is 0.0750. The molecule has 0 saturated heterocycles. The minimum atomic E-state index is -0.471. The molecule has 0 radical (unpaired) electrons. The van der Waals surface area contributed by atoms with Gasteiger partial charge in [-0.25, -0.2) is 4.39 Å². The molecular weight excluding hydrogens is 403 g/mol. The third kappa shape index (κ3) is 4.44. The van der Waals surface area contributed by atoms with Gasteiger partial charge in [-0.15, -0.1) is 10.2 Å². The molecule has 1 N–H and O–H groups in total. The Morgan fingerprint density at radius 3 is 2.60 bits per heavy atom. The second kappa shape index (κ2) is 8.96. The fourth-order valence-electron chi connectivity index (χ4n) is 3.00. The van der Waals surface area contributed by atoms with Crippen LogP contribution in [0.3, 0.4) is 0 Å². The Balaban J connectivity index is 1.55. The van der Waals surface area contributed by atoms with E-state index in [0.717, 1.165) is 16.9 Å². The van der Waals surface area contributed by atoms with Gasteiger partial charge in [-0.05, 0) is 30.7 Å². The van der Waals surface area contributed by atoms with Gasteiger partial charge in [0.25, 0.3) is 0 Å². The summed E-state index contributed by atoms with van der Waals surface area (Å²) in [4.78, 5) is 12.3. The van der Waals surface area contributed by atoms with Gasteiger partial charge in [0.1, 0.15) is 11.6 Å². The number of aryl methyl sites for hydroxylation is 1. The van der Waals surface area contributed by atoms with Gasteiger partial charge in [0.2, 0.25) is 5.91 Å². The second-order valence-electron chi connectivity index (χ2n) is 6.59. The van der Waals surface area contributed by atoms with E-state index in [1.807, 2.05) is 47.9 Å². The van der Waals surface area contributed by atoms with Gasteiger partial charge in [-0.2, -0.15) is 0 Å². The molecule has 0 bridgehead atoms. The molecule has 0 unspecified atom stereocenters. The van der Waals surface area contributed by atoms with Gasteiger partial charge >= 0.3 is 0 Å². The Bertz CT molecular complexity index is 1160. The number of halogens is 1. The predicted molar refractivity (Wildman–Crippen MR) is 114 cm³/mol. The molecule has 152 valence electrons. The average molecular weight is 422 g/mol. The number of furan rings is 1. The maximum atomic E-state index is 13.8. The first-order valence-corrected chi connectivity index (χ1v) is 10.3. The van der Waals surface area contributed by atoms with Crippen LogP contribution < -0.4 is 5.32 Å². The molecule has 4 aromatic rings. The van der Waals surface area contributed by atoms with Crippen molar-refractivity contribution >= 4 is 23.4 Å². The average Bonchev–Trinajstić information content (AvgIpc) is 3.34. The van der Waals surface area contributed by atoms with Gasteiger partial charge in [0.05, 0.1) is 29.8 Å². The summed E-state index contributed by atoms with van der Waals surface area (Å²) in [5, 5.41) is 11.8. The first-order chi connectivity index (χ1) is 14.6. The van der Waals surface area contributed by atoms with E-state index in [1.165, 1.54) is 23.9 Å². The highest BCUT2D eigenvalue weighted by Crippen LogP contribution is 2.28. The molecule has 8 heteroatoms. The molecule has 30 heavy (non-hydrogen) atoms. The molecule has 0 aliphatic heterocycles. The van der Waals surface area contributed by atoms with E-state index in [0.29, 0.717) is 17.5 Å². The van der Waals surface area contributed by atoms with Crippen LogP contribution in [0.25, 0.3) is 11.4 Å². The third-order valence-electron chi connectivity index (χ3n) is 4.48. The first kappa shape index (κ1) is 19.9. The molecular formula is C22H19FN4O2S. The first-order valence-electron chi connectivity index (χ1n) is 9.30. The van der Waals surface area contributed by atoms with Crippen molar-refractivity contribution in [2.75, 3.05) is 11.1 Å². The number of thioether (sulfide) groups is 1. The smallest absolute Gasteiger partial charge is 0.234 e. The minimum Gasteiger partial charge on any atom is -0.469 e. The van der Waals surface area contributed by atoms with Crippen molar-refractivity contribution in [1.29, 1.82) is 0 Å². The highest BCUT2D eigenvalue weighted by atomic mass is 32.2. The Morgan fingerprint density at radius 1 is 1.10 bits per heavy atom. The lowest BCUT2D eigenvalue weighted by atomic mass is 10.2. The van der Waals surface area contributed by atoms with Gasteiger partial charge in [-0.1, -0.05) is 54.2 Å². The molecule has 0 atom stereocenters. The number of benzene rings is 2. The van der Waals surface area contributed by atoms with Gasteiger partial charge < -0.3 is 9.73 Å². The van der Waals surface area contributed by atoms with E-state index in [9.17, 15) is 9.18 Å². The molecule has 1 amide bonds. The number of rotatable bonds is 7. The Labute approximate surface area is 177 Å². The summed E-state index contributed by atoms with van der Waals surface area (Å²) in [6, 6.07) is 17.9. The summed E-state index contributed by atoms with van der Waals surface area (Å²) in [7, 11) is 0. The molecule has 0 aliphatic rings. The van der Waals surface area contributed by atoms with E-state index in [-0.39, 0.29) is 17.3 Å². The maximum Gasteiger partial charge on any atom is 0.234 e. The van der Waals surface area contributed by atoms with E-state index in [2.05, 4.69) is 15.5 Å². The Morgan fingerprint density at radius 2 is 1.87 bits per heavy atom. The summed E-state index contributed by atoms with van der Waals surface area (Å²) in [5.74, 6) is 0.694. The lowest BCUT2D eigenvalue weighted by Crippen LogP contribution is -2.15. The summed E-state index contributed by atoms with van der Waals surface area (Å²) in [6.07, 6.45) is 1.61. The second-order valence-corrected chi connectivity index (χ2v) is 7.53. The molecule has 2 aromatic heterocycles. The quantitative estimate of drug-likeness (QED) is 0.435. The fourth-order valence-corrected chi connectivity index (χ4v) is 3.74. The molecule has 4 rings (SSSR count). The zero-order valence-corrected chi connectivity index (χ0v) is 17.0. The predicted octanol–water partition coefficient (Wildman–Crippen LogP) is 4.76. The third-order valence-corrected chi connectivity index (χ3v) is 5.45. The molecule has 0 saturated carbocycles. The molecule has 0 aliphatic carbocycles. The van der Waals surface area contributed by atoms with Crippen molar-refractivity contribution in [3.63, 3.8) is 0 Å². The largest absolute Gasteiger partial charge is 0.469 e. The molecule has 0 fully saturated rings. The number of nitrogens with one attached hydrogen (secondary N) is 1. The monoisotopic (exact) mass is 422 g/mol. The number of para-hydroxylation sites is 1. The number of amides is 1. The van der Waals surface area contributed by atoms with Crippen molar-refractivity contribution in [3.05, 3.63) is 84.1 Å². The topological polar surface area (TPSA) is 72.9 Å². The van der Waals surface area contributed by atoms with Crippen molar-refractivity contribution in [2.45, 2.75) is 18.6 Å². The van der Waals surface area contributed by atoms with Crippen LogP contribution in [0.4, 0.5) is 10.1 Å². The SMILES string of the molecule is Cc1occc1-c1nnc(SCC(=O)Nc2ccccc2F)n1Cc1ccccc1. The summed E-state index contributed by atoms with van der Waals surface area (Å²) < 4.78 is 21.1. The number of carbonyl (C=O) groups is 1. The van der Waals surface area contributed by atoms with Gasteiger partial charge in [0, 0.05) is 0 Å². The fraction of sp³-hybridized carbons (Fsp3) is 0.136. The lowest BCUT2D eigenvalue weighted by molar-refractivity contribution is -0.113. The van der Waals surface area contributed by atoms with Crippen molar-refractivity contribution in [1.82, 2.24) is 14.8 Å². The number of nitrogens with zero attached hydrogens (tertiary/aromatic N) is 3. The maximum absolute atomic E-state index is 13.8. The normalized spacial score (nSPS) is 10.9. The van der Waals surface area contributed by atoms with Crippen molar-refractivity contribution in [2.24, 2.45) is 0 Å². The summed E-state index contributed by atoms with van der Waals surface area (Å²) in [6.45, 7) is 2.41. The molecule has 0 spiro atoms. The van der Waals surface area contributed by atoms with E-state index in [4.69, 9.17) is 4.42 Å². The number of aromatic nitrogens is 3. The number of anilines is 1. The standard InChI is InChI=1S/C22H19FN4O2S/c1-15-17(11-12-29-15)21-25-26-22(27(21)13-16-7-3-2-4-8-16)30-14-20(28)24-19-10-6-5-9-18(19)23/h2-12H,13-14H2,1H3,(H,24,28). The van der Waals surface area contributed by atoms with Crippen LogP contribution in [0.15, 0.2) is 76.5 Å². The highest BCUT2D eigenvalue weighted by molar-refractivity contribution is 7.99. The van der Waals surface area contributed by atoms with Crippen molar-refractivity contribution < 1.29 is 13.6 Å². The molecule has 2 aromatic carbocycles. The number of hydrogen-bond donors (Lipinski definition) is 1. The van der Waals surface area contributed by atoms with Crippen molar-refractivity contribution in [3.8, 4) is 11.4 Å². The molecule has 6 nitrogen and oxygen atoms in total. The van der Waals surface area contributed by atoms with Crippen LogP contribution >= 0.6 is 11.8 Å². The van der Waals surface area contributed by atoms with Crippen LogP contribution in [-0.4, -0.2) is 26.4 Å². The van der Waals surface area contributed by atoms with E-state index >= 15 is 0 Å². The van der Waals surface area contributed by atoms with Gasteiger partial charge in [0.15, 0.2) is 11.0 Å². The summed E-state index contributed by atoms with van der Waals surface area (Å²) >= 11 is 1.25. The Hall–Kier alpha value is -3.39. The van der Waals surface area contributed by atoms with Crippen LogP contribution in [-0.2, 0) is 11.3 Å². The lowest BCUT2D eigenvalue weighted by Gasteiger charge is -2.10. The van der Waals surface area contributed by atoms with Crippen LogP contribution in [0.2, 0.25) is 0 Å². The number of carbonyl (C=O) groups excluding carboxylic acids is 1. The number of hydrogen-bond acceptors (Lipinski definition) is 5. The molecule has 2 heterocycles. The van der Waals surface area contributed by atoms with E-state index in [1.54, 1.807) is 18.4 Å². The highest BCUT2D eigenvalue weighted by Gasteiger charge is 2.19. The van der Waals surface area contributed by atoms with Gasteiger partial charge in [-0.3, -0.25) is 9.36 Å². The van der Waals surface area contributed by atoms with E-state index < -0.39 is 5.82 Å². The zero-order chi connectivity index (χ0) is 20.9. The zero-order valence-electron chi connectivity index (χ0n) is 16.2.